The molecule has 0 aliphatic carbocycles. The second kappa shape index (κ2) is 7.44. The van der Waals surface area contributed by atoms with Crippen LogP contribution in [0.3, 0.4) is 0 Å². The molecule has 4 heteroatoms. The van der Waals surface area contributed by atoms with Crippen LogP contribution >= 0.6 is 0 Å². The summed E-state index contributed by atoms with van der Waals surface area (Å²) in [5.41, 5.74) is 0. The van der Waals surface area contributed by atoms with Gasteiger partial charge in [0.25, 0.3) is 0 Å². The van der Waals surface area contributed by atoms with Gasteiger partial charge in [-0.25, -0.2) is 0 Å². The van der Waals surface area contributed by atoms with Gasteiger partial charge in [-0.3, -0.25) is 0 Å². The van der Waals surface area contributed by atoms with Gasteiger partial charge < -0.3 is 19.9 Å². The summed E-state index contributed by atoms with van der Waals surface area (Å²) in [6, 6.07) is 3.65. The number of hydrogen-bond donors (Lipinski definition) is 3. The van der Waals surface area contributed by atoms with Crippen LogP contribution in [-0.2, 0) is 13.2 Å². The molecule has 0 radical (unpaired) electrons. The van der Waals surface area contributed by atoms with E-state index in [1.807, 2.05) is 6.07 Å². The average Bonchev–Trinajstić information content (AvgIpc) is 2.76. The summed E-state index contributed by atoms with van der Waals surface area (Å²) in [5, 5.41) is 21.0. The third kappa shape index (κ3) is 4.35. The van der Waals surface area contributed by atoms with Crippen molar-refractivity contribution in [2.75, 3.05) is 13.2 Å². The van der Waals surface area contributed by atoms with E-state index in [4.69, 9.17) is 14.6 Å². The van der Waals surface area contributed by atoms with E-state index in [0.717, 1.165) is 25.1 Å². The largest absolute Gasteiger partial charge is 0.462 e. The van der Waals surface area contributed by atoms with Crippen molar-refractivity contribution in [3.63, 3.8) is 0 Å². The molecular formula is C12H21NO3. The second-order valence-electron chi connectivity index (χ2n) is 3.94. The highest BCUT2D eigenvalue weighted by Gasteiger charge is 2.06. The molecule has 0 aromatic carbocycles. The average molecular weight is 227 g/mol. The minimum Gasteiger partial charge on any atom is -0.462 e. The van der Waals surface area contributed by atoms with Gasteiger partial charge in [0.2, 0.25) is 0 Å². The summed E-state index contributed by atoms with van der Waals surface area (Å²) in [4.78, 5) is 0. The quantitative estimate of drug-likeness (QED) is 0.625. The van der Waals surface area contributed by atoms with Crippen LogP contribution in [0.25, 0.3) is 0 Å². The number of hydrogen-bond acceptors (Lipinski definition) is 4. The molecule has 0 aliphatic heterocycles. The maximum atomic E-state index is 8.85. The van der Waals surface area contributed by atoms with Crippen molar-refractivity contribution in [3.8, 4) is 0 Å². The number of rotatable bonds is 8. The number of aliphatic hydroxyl groups is 2. The van der Waals surface area contributed by atoms with Crippen molar-refractivity contribution in [2.24, 2.45) is 5.92 Å². The van der Waals surface area contributed by atoms with Gasteiger partial charge in [0.15, 0.2) is 0 Å². The van der Waals surface area contributed by atoms with Crippen LogP contribution in [0.15, 0.2) is 16.5 Å². The van der Waals surface area contributed by atoms with Gasteiger partial charge in [0.05, 0.1) is 6.54 Å². The van der Waals surface area contributed by atoms with E-state index in [9.17, 15) is 0 Å². The number of aliphatic hydroxyl groups excluding tert-OH is 2. The van der Waals surface area contributed by atoms with Crippen LogP contribution in [0.4, 0.5) is 0 Å². The molecule has 0 fully saturated rings. The molecule has 1 aromatic rings. The van der Waals surface area contributed by atoms with Crippen molar-refractivity contribution < 1.29 is 14.6 Å². The minimum absolute atomic E-state index is 0.0535. The van der Waals surface area contributed by atoms with Gasteiger partial charge in [-0.05, 0) is 31.0 Å². The molecule has 0 saturated heterocycles. The molecule has 0 amide bonds. The SMILES string of the molecule is CCC(CCO)CNCc1ccc(CO)o1. The first-order valence-electron chi connectivity index (χ1n) is 5.80. The van der Waals surface area contributed by atoms with Crippen LogP contribution in [-0.4, -0.2) is 23.4 Å². The van der Waals surface area contributed by atoms with Crippen molar-refractivity contribution >= 4 is 0 Å². The summed E-state index contributed by atoms with van der Waals surface area (Å²) < 4.78 is 5.35. The lowest BCUT2D eigenvalue weighted by Gasteiger charge is -2.13. The lowest BCUT2D eigenvalue weighted by molar-refractivity contribution is 0.240. The monoisotopic (exact) mass is 227 g/mol. The molecule has 0 aliphatic rings. The minimum atomic E-state index is -0.0535. The molecule has 1 aromatic heterocycles. The van der Waals surface area contributed by atoms with Crippen molar-refractivity contribution in [3.05, 3.63) is 23.7 Å². The fraction of sp³-hybridized carbons (Fsp3) is 0.667. The van der Waals surface area contributed by atoms with Gasteiger partial charge in [0, 0.05) is 6.61 Å². The predicted molar refractivity (Wildman–Crippen MR) is 61.8 cm³/mol. The lowest BCUT2D eigenvalue weighted by atomic mass is 10.0. The smallest absolute Gasteiger partial charge is 0.129 e. The fourth-order valence-corrected chi connectivity index (χ4v) is 1.63. The molecular weight excluding hydrogens is 206 g/mol. The zero-order valence-electron chi connectivity index (χ0n) is 9.78. The summed E-state index contributed by atoms with van der Waals surface area (Å²) in [7, 11) is 0. The van der Waals surface area contributed by atoms with E-state index < -0.39 is 0 Å². The van der Waals surface area contributed by atoms with Crippen molar-refractivity contribution in [2.45, 2.75) is 32.9 Å². The van der Waals surface area contributed by atoms with Gasteiger partial charge in [0.1, 0.15) is 18.1 Å². The van der Waals surface area contributed by atoms with Crippen LogP contribution in [0, 0.1) is 5.92 Å². The summed E-state index contributed by atoms with van der Waals surface area (Å²) >= 11 is 0. The van der Waals surface area contributed by atoms with E-state index in [-0.39, 0.29) is 13.2 Å². The van der Waals surface area contributed by atoms with Crippen molar-refractivity contribution in [1.82, 2.24) is 5.32 Å². The number of furan rings is 1. The zero-order chi connectivity index (χ0) is 11.8. The highest BCUT2D eigenvalue weighted by Crippen LogP contribution is 2.09. The maximum absolute atomic E-state index is 8.85. The predicted octanol–water partition coefficient (Wildman–Crippen LogP) is 1.27. The molecule has 3 N–H and O–H groups in total. The van der Waals surface area contributed by atoms with E-state index in [1.54, 1.807) is 6.07 Å². The third-order valence-electron chi connectivity index (χ3n) is 2.72. The Morgan fingerprint density at radius 3 is 2.62 bits per heavy atom. The van der Waals surface area contributed by atoms with E-state index in [0.29, 0.717) is 18.2 Å². The molecule has 0 saturated carbocycles. The Kier molecular flexibility index (Phi) is 6.15. The molecule has 1 atom stereocenters. The van der Waals surface area contributed by atoms with Gasteiger partial charge in [-0.15, -0.1) is 0 Å². The third-order valence-corrected chi connectivity index (χ3v) is 2.72. The Bertz CT molecular complexity index is 286. The summed E-state index contributed by atoms with van der Waals surface area (Å²) in [6.07, 6.45) is 1.90. The standard InChI is InChI=1S/C12H21NO3/c1-2-10(5-6-14)7-13-8-11-3-4-12(9-15)16-11/h3-4,10,13-15H,2,5-9H2,1H3. The maximum Gasteiger partial charge on any atom is 0.129 e. The molecule has 4 nitrogen and oxygen atoms in total. The van der Waals surface area contributed by atoms with Crippen LogP contribution in [0.2, 0.25) is 0 Å². The molecule has 1 heterocycles. The van der Waals surface area contributed by atoms with E-state index in [2.05, 4.69) is 12.2 Å². The molecule has 0 spiro atoms. The topological polar surface area (TPSA) is 65.6 Å². The van der Waals surface area contributed by atoms with Gasteiger partial charge in [-0.2, -0.15) is 0 Å². The van der Waals surface area contributed by atoms with E-state index in [1.165, 1.54) is 0 Å². The zero-order valence-corrected chi connectivity index (χ0v) is 9.78. The Morgan fingerprint density at radius 1 is 1.31 bits per heavy atom. The first kappa shape index (κ1) is 13.2. The van der Waals surface area contributed by atoms with E-state index >= 15 is 0 Å². The summed E-state index contributed by atoms with van der Waals surface area (Å²) in [5.74, 6) is 1.94. The highest BCUT2D eigenvalue weighted by atomic mass is 16.4. The van der Waals surface area contributed by atoms with Crippen LogP contribution in [0.5, 0.6) is 0 Å². The van der Waals surface area contributed by atoms with Crippen molar-refractivity contribution in [1.29, 1.82) is 0 Å². The Hall–Kier alpha value is -0.840. The molecule has 92 valence electrons. The lowest BCUT2D eigenvalue weighted by Crippen LogP contribution is -2.22. The Balaban J connectivity index is 2.23. The Labute approximate surface area is 96.3 Å². The summed E-state index contributed by atoms with van der Waals surface area (Å²) in [6.45, 7) is 3.87. The first-order chi connectivity index (χ1) is 7.80. The van der Waals surface area contributed by atoms with Gasteiger partial charge in [-0.1, -0.05) is 13.3 Å². The van der Waals surface area contributed by atoms with Crippen LogP contribution < -0.4 is 5.32 Å². The second-order valence-corrected chi connectivity index (χ2v) is 3.94. The molecule has 1 unspecified atom stereocenters. The normalized spacial score (nSPS) is 12.9. The Morgan fingerprint density at radius 2 is 2.06 bits per heavy atom. The number of nitrogens with one attached hydrogen (secondary N) is 1. The van der Waals surface area contributed by atoms with Crippen LogP contribution in [0.1, 0.15) is 31.3 Å². The highest BCUT2D eigenvalue weighted by molar-refractivity contribution is 5.05. The molecule has 0 bridgehead atoms. The first-order valence-corrected chi connectivity index (χ1v) is 5.80. The molecule has 16 heavy (non-hydrogen) atoms. The molecule has 1 rings (SSSR count). The fourth-order valence-electron chi connectivity index (χ4n) is 1.63. The van der Waals surface area contributed by atoms with Gasteiger partial charge >= 0.3 is 0 Å².